The van der Waals surface area contributed by atoms with Gasteiger partial charge < -0.3 is 21.3 Å². The van der Waals surface area contributed by atoms with Crippen LogP contribution in [0.4, 0.5) is 0 Å². The lowest BCUT2D eigenvalue weighted by atomic mass is 9.93. The van der Waals surface area contributed by atoms with E-state index in [1.54, 1.807) is 11.0 Å². The molecule has 0 bridgehead atoms. The minimum Gasteiger partial charge on any atom is -0.335 e. The Kier molecular flexibility index (Phi) is 10.5. The SMILES string of the molecule is CC(C)C[C@@H]1CN(C(=O)C(N)Cc2ccc3ccccc3c2)[C@@H](CCCn2cncn2)CN1C(=O)C(N)Cc1ccc2ccccc2c1. The van der Waals surface area contributed by atoms with Gasteiger partial charge in [-0.05, 0) is 70.7 Å². The number of amides is 2. The van der Waals surface area contributed by atoms with Gasteiger partial charge >= 0.3 is 0 Å². The zero-order chi connectivity index (χ0) is 33.6. The highest BCUT2D eigenvalue weighted by Crippen LogP contribution is 2.26. The van der Waals surface area contributed by atoms with Crippen LogP contribution in [-0.2, 0) is 29.0 Å². The first kappa shape index (κ1) is 33.3. The summed E-state index contributed by atoms with van der Waals surface area (Å²) in [5, 5.41) is 8.82. The van der Waals surface area contributed by atoms with Crippen LogP contribution in [0.25, 0.3) is 21.5 Å². The molecule has 48 heavy (non-hydrogen) atoms. The summed E-state index contributed by atoms with van der Waals surface area (Å²) in [7, 11) is 0. The van der Waals surface area contributed by atoms with Gasteiger partial charge in [0, 0.05) is 31.7 Å². The Morgan fingerprint density at radius 1 is 0.750 bits per heavy atom. The molecule has 6 rings (SSSR count). The number of hydrogen-bond donors (Lipinski definition) is 2. The number of fused-ring (bicyclic) bond motifs is 2. The first-order valence-corrected chi connectivity index (χ1v) is 17.1. The maximum Gasteiger partial charge on any atom is 0.240 e. The molecule has 4 aromatic carbocycles. The minimum atomic E-state index is -0.693. The normalized spacial score (nSPS) is 18.0. The molecule has 0 spiro atoms. The molecule has 4 atom stereocenters. The van der Waals surface area contributed by atoms with Crippen molar-refractivity contribution >= 4 is 33.4 Å². The Morgan fingerprint density at radius 2 is 1.27 bits per heavy atom. The maximum absolute atomic E-state index is 14.2. The van der Waals surface area contributed by atoms with E-state index in [1.165, 1.54) is 6.33 Å². The van der Waals surface area contributed by atoms with E-state index < -0.39 is 12.1 Å². The Bertz CT molecular complexity index is 1840. The lowest BCUT2D eigenvalue weighted by Gasteiger charge is -2.48. The van der Waals surface area contributed by atoms with Crippen molar-refractivity contribution in [2.75, 3.05) is 13.1 Å². The second kappa shape index (κ2) is 15.1. The molecular formula is C39H47N7O2. The Balaban J connectivity index is 1.21. The van der Waals surface area contributed by atoms with Crippen LogP contribution >= 0.6 is 0 Å². The molecule has 250 valence electrons. The van der Waals surface area contributed by atoms with E-state index in [2.05, 4.69) is 84.6 Å². The lowest BCUT2D eigenvalue weighted by molar-refractivity contribution is -0.149. The molecule has 2 amide bonds. The predicted molar refractivity (Wildman–Crippen MR) is 191 cm³/mol. The smallest absolute Gasteiger partial charge is 0.240 e. The van der Waals surface area contributed by atoms with Gasteiger partial charge in [-0.15, -0.1) is 0 Å². The van der Waals surface area contributed by atoms with Crippen molar-refractivity contribution in [2.24, 2.45) is 17.4 Å². The molecule has 1 aromatic heterocycles. The monoisotopic (exact) mass is 645 g/mol. The third-order valence-corrected chi connectivity index (χ3v) is 9.57. The predicted octanol–water partition coefficient (Wildman–Crippen LogP) is 4.96. The molecule has 1 saturated heterocycles. The van der Waals surface area contributed by atoms with Crippen molar-refractivity contribution in [3.63, 3.8) is 0 Å². The fraction of sp³-hybridized carbons (Fsp3) is 0.385. The quantitative estimate of drug-likeness (QED) is 0.198. The lowest BCUT2D eigenvalue weighted by Crippen LogP contribution is -2.65. The van der Waals surface area contributed by atoms with Gasteiger partial charge in [0.2, 0.25) is 11.8 Å². The average Bonchev–Trinajstić information content (AvgIpc) is 3.61. The van der Waals surface area contributed by atoms with Gasteiger partial charge in [0.25, 0.3) is 0 Å². The van der Waals surface area contributed by atoms with Crippen LogP contribution in [0, 0.1) is 5.92 Å². The van der Waals surface area contributed by atoms with E-state index >= 15 is 0 Å². The van der Waals surface area contributed by atoms with Gasteiger partial charge in [0.15, 0.2) is 0 Å². The van der Waals surface area contributed by atoms with E-state index in [0.717, 1.165) is 45.5 Å². The van der Waals surface area contributed by atoms with Gasteiger partial charge in [-0.3, -0.25) is 14.3 Å². The molecule has 4 N–H and O–H groups in total. The van der Waals surface area contributed by atoms with Crippen LogP contribution in [0.5, 0.6) is 0 Å². The maximum atomic E-state index is 14.2. The van der Waals surface area contributed by atoms with Crippen molar-refractivity contribution in [2.45, 2.75) is 76.7 Å². The number of nitrogens with two attached hydrogens (primary N) is 2. The van der Waals surface area contributed by atoms with Gasteiger partial charge in [-0.1, -0.05) is 98.8 Å². The molecule has 9 nitrogen and oxygen atoms in total. The van der Waals surface area contributed by atoms with E-state index in [0.29, 0.717) is 44.8 Å². The number of piperazine rings is 1. The first-order valence-electron chi connectivity index (χ1n) is 17.1. The highest BCUT2D eigenvalue weighted by Gasteiger charge is 2.41. The Hall–Kier alpha value is -4.60. The molecule has 1 fully saturated rings. The third-order valence-electron chi connectivity index (χ3n) is 9.57. The third kappa shape index (κ3) is 7.91. The summed E-state index contributed by atoms with van der Waals surface area (Å²) in [6.07, 6.45) is 6.36. The molecule has 2 heterocycles. The molecule has 0 aliphatic carbocycles. The molecule has 1 aliphatic heterocycles. The molecular weight excluding hydrogens is 598 g/mol. The summed E-state index contributed by atoms with van der Waals surface area (Å²) < 4.78 is 1.80. The number of rotatable bonds is 12. The topological polar surface area (TPSA) is 123 Å². The van der Waals surface area contributed by atoms with Crippen LogP contribution in [0.3, 0.4) is 0 Å². The fourth-order valence-electron chi connectivity index (χ4n) is 7.16. The van der Waals surface area contributed by atoms with E-state index in [9.17, 15) is 9.59 Å². The molecule has 1 aliphatic rings. The molecule has 0 radical (unpaired) electrons. The standard InChI is InChI=1S/C39H47N7O2/c1-27(2)18-35-24-45(38(47)36(40)21-28-13-15-30-8-3-5-10-32(30)19-28)34(12-7-17-44-26-42-25-43-44)23-46(35)39(48)37(41)22-29-14-16-31-9-4-6-11-33(31)20-29/h3-6,8-11,13-16,19-20,25-27,34-37H,7,12,17-18,21-24,40-41H2,1-2H3/t34-,35+,36?,37?/m0/s1. The second-order valence-corrected chi connectivity index (χ2v) is 13.7. The highest BCUT2D eigenvalue weighted by atomic mass is 16.2. The molecule has 0 saturated carbocycles. The van der Waals surface area contributed by atoms with E-state index in [1.807, 2.05) is 34.1 Å². The van der Waals surface area contributed by atoms with Gasteiger partial charge in [-0.25, -0.2) is 4.98 Å². The fourth-order valence-corrected chi connectivity index (χ4v) is 7.16. The second-order valence-electron chi connectivity index (χ2n) is 13.7. The summed E-state index contributed by atoms with van der Waals surface area (Å²) in [6.45, 7) is 5.84. The number of carbonyl (C=O) groups excluding carboxylic acids is 2. The Labute approximate surface area is 282 Å². The number of hydrogen-bond acceptors (Lipinski definition) is 6. The van der Waals surface area contributed by atoms with Gasteiger partial charge in [0.1, 0.15) is 12.7 Å². The van der Waals surface area contributed by atoms with Crippen LogP contribution < -0.4 is 11.5 Å². The first-order chi connectivity index (χ1) is 23.2. The summed E-state index contributed by atoms with van der Waals surface area (Å²) in [4.78, 5) is 36.4. The summed E-state index contributed by atoms with van der Waals surface area (Å²) >= 11 is 0. The molecule has 9 heteroatoms. The summed E-state index contributed by atoms with van der Waals surface area (Å²) in [5.41, 5.74) is 15.4. The van der Waals surface area contributed by atoms with Crippen LogP contribution in [0.2, 0.25) is 0 Å². The van der Waals surface area contributed by atoms with E-state index in [-0.39, 0.29) is 23.9 Å². The number of benzene rings is 4. The number of aryl methyl sites for hydroxylation is 1. The van der Waals surface area contributed by atoms with E-state index in [4.69, 9.17) is 11.5 Å². The van der Waals surface area contributed by atoms with Crippen molar-refractivity contribution < 1.29 is 9.59 Å². The van der Waals surface area contributed by atoms with Crippen molar-refractivity contribution in [3.8, 4) is 0 Å². The Morgan fingerprint density at radius 3 is 1.79 bits per heavy atom. The summed E-state index contributed by atoms with van der Waals surface area (Å²) in [5.74, 6) is 0.187. The van der Waals surface area contributed by atoms with Crippen LogP contribution in [0.15, 0.2) is 97.6 Å². The van der Waals surface area contributed by atoms with Crippen LogP contribution in [-0.4, -0.2) is 73.6 Å². The number of aromatic nitrogens is 3. The van der Waals surface area contributed by atoms with Crippen LogP contribution in [0.1, 0.15) is 44.2 Å². The summed E-state index contributed by atoms with van der Waals surface area (Å²) in [6, 6.07) is 27.2. The van der Waals surface area contributed by atoms with Crippen molar-refractivity contribution in [1.82, 2.24) is 24.6 Å². The van der Waals surface area contributed by atoms with Crippen molar-refractivity contribution in [1.29, 1.82) is 0 Å². The minimum absolute atomic E-state index is 0.0670. The highest BCUT2D eigenvalue weighted by molar-refractivity contribution is 5.87. The zero-order valence-electron chi connectivity index (χ0n) is 28.0. The average molecular weight is 646 g/mol. The molecule has 2 unspecified atom stereocenters. The largest absolute Gasteiger partial charge is 0.335 e. The van der Waals surface area contributed by atoms with Crippen molar-refractivity contribution in [3.05, 3.63) is 109 Å². The zero-order valence-corrected chi connectivity index (χ0v) is 28.0. The number of carbonyl (C=O) groups is 2. The van der Waals surface area contributed by atoms with Gasteiger partial charge in [0.05, 0.1) is 12.1 Å². The van der Waals surface area contributed by atoms with Gasteiger partial charge in [-0.2, -0.15) is 5.10 Å². The number of nitrogens with zero attached hydrogens (tertiary/aromatic N) is 5. The molecule has 5 aromatic rings.